The average molecular weight is 492 g/mol. The lowest BCUT2D eigenvalue weighted by Crippen LogP contribution is -2.30. The molecule has 2 aliphatic rings. The van der Waals surface area contributed by atoms with E-state index >= 15 is 0 Å². The van der Waals surface area contributed by atoms with Gasteiger partial charge in [-0.05, 0) is 29.3 Å². The normalized spacial score (nSPS) is 20.4. The first-order valence-corrected chi connectivity index (χ1v) is 13.8. The Labute approximate surface area is 204 Å². The number of hydrogen-bond donors (Lipinski definition) is 1. The maximum Gasteiger partial charge on any atom is 0.254 e. The monoisotopic (exact) mass is 491 g/mol. The Morgan fingerprint density at radius 3 is 2.18 bits per heavy atom. The molecule has 5 rings (SSSR count). The van der Waals surface area contributed by atoms with E-state index < -0.39 is 9.84 Å². The van der Waals surface area contributed by atoms with E-state index in [0.29, 0.717) is 23.8 Å². The molecule has 1 saturated heterocycles. The van der Waals surface area contributed by atoms with E-state index in [-0.39, 0.29) is 28.7 Å². The number of thioether (sulfide) groups is 1. The van der Waals surface area contributed by atoms with Gasteiger partial charge in [0.1, 0.15) is 0 Å². The number of carbonyl (C=O) groups is 1. The predicted molar refractivity (Wildman–Crippen MR) is 138 cm³/mol. The van der Waals surface area contributed by atoms with Crippen LogP contribution in [0, 0.1) is 0 Å². The second-order valence-corrected chi connectivity index (χ2v) is 12.0. The quantitative estimate of drug-likeness (QED) is 0.559. The molecule has 8 heteroatoms. The molecule has 34 heavy (non-hydrogen) atoms. The van der Waals surface area contributed by atoms with Gasteiger partial charge < -0.3 is 10.2 Å². The van der Waals surface area contributed by atoms with Gasteiger partial charge in [-0.15, -0.1) is 0 Å². The maximum atomic E-state index is 13.6. The Morgan fingerprint density at radius 2 is 1.56 bits per heavy atom. The molecular weight excluding hydrogens is 466 g/mol. The summed E-state index contributed by atoms with van der Waals surface area (Å²) in [4.78, 5) is 20.0. The summed E-state index contributed by atoms with van der Waals surface area (Å²) in [5, 5.41) is 3.96. The third-order valence-electron chi connectivity index (χ3n) is 5.90. The summed E-state index contributed by atoms with van der Waals surface area (Å²) in [7, 11) is -2.99. The fourth-order valence-electron chi connectivity index (χ4n) is 4.26. The number of nitrogens with one attached hydrogen (secondary N) is 1. The van der Waals surface area contributed by atoms with Gasteiger partial charge in [0.15, 0.2) is 15.0 Å². The van der Waals surface area contributed by atoms with Gasteiger partial charge in [0, 0.05) is 29.6 Å². The SMILES string of the molecule is O=C(c1cccc(NC2=NC3CS(=O)(=O)CC3S2)c1)N(Cc1ccccc1)Cc1ccccc1. The van der Waals surface area contributed by atoms with Crippen molar-refractivity contribution in [3.05, 3.63) is 102 Å². The zero-order chi connectivity index (χ0) is 23.5. The van der Waals surface area contributed by atoms with Crippen molar-refractivity contribution >= 4 is 38.4 Å². The Kier molecular flexibility index (Phi) is 6.43. The molecule has 6 nitrogen and oxygen atoms in total. The summed E-state index contributed by atoms with van der Waals surface area (Å²) >= 11 is 1.47. The van der Waals surface area contributed by atoms with Crippen molar-refractivity contribution in [1.82, 2.24) is 4.90 Å². The van der Waals surface area contributed by atoms with Crippen molar-refractivity contribution in [3.8, 4) is 0 Å². The first-order valence-electron chi connectivity index (χ1n) is 11.1. The molecule has 2 unspecified atom stereocenters. The van der Waals surface area contributed by atoms with E-state index in [1.165, 1.54) is 11.8 Å². The summed E-state index contributed by atoms with van der Waals surface area (Å²) in [5.41, 5.74) is 3.49. The highest BCUT2D eigenvalue weighted by Gasteiger charge is 2.42. The minimum absolute atomic E-state index is 0.0236. The average Bonchev–Trinajstić information content (AvgIpc) is 3.32. The summed E-state index contributed by atoms with van der Waals surface area (Å²) in [6.45, 7) is 1.01. The van der Waals surface area contributed by atoms with Crippen molar-refractivity contribution in [2.75, 3.05) is 16.8 Å². The molecule has 0 saturated carbocycles. The number of rotatable bonds is 6. The number of amidine groups is 1. The van der Waals surface area contributed by atoms with Gasteiger partial charge in [-0.25, -0.2) is 8.42 Å². The van der Waals surface area contributed by atoms with Crippen LogP contribution in [-0.4, -0.2) is 47.2 Å². The molecule has 3 aromatic rings. The molecule has 3 aromatic carbocycles. The van der Waals surface area contributed by atoms with Crippen LogP contribution in [0.4, 0.5) is 5.69 Å². The largest absolute Gasteiger partial charge is 0.335 e. The van der Waals surface area contributed by atoms with Gasteiger partial charge >= 0.3 is 0 Å². The Bertz CT molecular complexity index is 1270. The van der Waals surface area contributed by atoms with Crippen LogP contribution in [0.15, 0.2) is 89.9 Å². The molecule has 0 bridgehead atoms. The molecule has 0 aromatic heterocycles. The molecule has 1 fully saturated rings. The molecule has 0 radical (unpaired) electrons. The zero-order valence-corrected chi connectivity index (χ0v) is 20.1. The molecule has 0 spiro atoms. The molecule has 2 aliphatic heterocycles. The van der Waals surface area contributed by atoms with E-state index in [1.54, 1.807) is 0 Å². The van der Waals surface area contributed by atoms with Crippen molar-refractivity contribution < 1.29 is 13.2 Å². The fourth-order valence-corrected chi connectivity index (χ4v) is 7.94. The van der Waals surface area contributed by atoms with Crippen LogP contribution in [0.5, 0.6) is 0 Å². The van der Waals surface area contributed by atoms with E-state index in [2.05, 4.69) is 10.3 Å². The summed E-state index contributed by atoms with van der Waals surface area (Å²) in [5.74, 6) is 0.228. The van der Waals surface area contributed by atoms with Crippen LogP contribution in [0.1, 0.15) is 21.5 Å². The lowest BCUT2D eigenvalue weighted by Gasteiger charge is -2.23. The van der Waals surface area contributed by atoms with E-state index in [4.69, 9.17) is 0 Å². The van der Waals surface area contributed by atoms with Crippen LogP contribution >= 0.6 is 11.8 Å². The summed E-state index contributed by atoms with van der Waals surface area (Å²) in [6.07, 6.45) is 0. The topological polar surface area (TPSA) is 78.8 Å². The van der Waals surface area contributed by atoms with Gasteiger partial charge in [-0.2, -0.15) is 0 Å². The van der Waals surface area contributed by atoms with E-state index in [0.717, 1.165) is 16.8 Å². The number of fused-ring (bicyclic) bond motifs is 1. The van der Waals surface area contributed by atoms with Gasteiger partial charge in [0.25, 0.3) is 5.91 Å². The fraction of sp³-hybridized carbons (Fsp3) is 0.231. The van der Waals surface area contributed by atoms with Crippen LogP contribution in [0.3, 0.4) is 0 Å². The van der Waals surface area contributed by atoms with Crippen molar-refractivity contribution in [1.29, 1.82) is 0 Å². The second kappa shape index (κ2) is 9.64. The first-order chi connectivity index (χ1) is 16.4. The number of amides is 1. The Hall–Kier alpha value is -3.10. The van der Waals surface area contributed by atoms with Crippen LogP contribution in [0.2, 0.25) is 0 Å². The van der Waals surface area contributed by atoms with Gasteiger partial charge in [0.2, 0.25) is 0 Å². The number of carbonyl (C=O) groups excluding carboxylic acids is 1. The number of sulfone groups is 1. The van der Waals surface area contributed by atoms with Gasteiger partial charge in [-0.3, -0.25) is 9.79 Å². The lowest BCUT2D eigenvalue weighted by molar-refractivity contribution is 0.0730. The van der Waals surface area contributed by atoms with Crippen LogP contribution < -0.4 is 5.32 Å². The number of benzene rings is 3. The van der Waals surface area contributed by atoms with Crippen LogP contribution in [0.25, 0.3) is 0 Å². The molecule has 2 atom stereocenters. The number of anilines is 1. The molecule has 1 amide bonds. The lowest BCUT2D eigenvalue weighted by atomic mass is 10.1. The predicted octanol–water partition coefficient (Wildman–Crippen LogP) is 4.21. The minimum atomic E-state index is -2.99. The standard InChI is InChI=1S/C26H25N3O3S2/c30-25(29(15-19-8-3-1-4-9-19)16-20-10-5-2-6-11-20)21-12-7-13-22(14-21)27-26-28-23-17-34(31,32)18-24(23)33-26/h1-14,23-24H,15-18H2,(H,27,28). The highest BCUT2D eigenvalue weighted by molar-refractivity contribution is 8.15. The second-order valence-electron chi connectivity index (χ2n) is 8.57. The third kappa shape index (κ3) is 5.34. The summed E-state index contributed by atoms with van der Waals surface area (Å²) < 4.78 is 23.6. The third-order valence-corrected chi connectivity index (χ3v) is 9.04. The Morgan fingerprint density at radius 1 is 0.912 bits per heavy atom. The molecule has 2 heterocycles. The number of aliphatic imine (C=N–C) groups is 1. The van der Waals surface area contributed by atoms with Crippen LogP contribution in [-0.2, 0) is 22.9 Å². The summed E-state index contributed by atoms with van der Waals surface area (Å²) in [6, 6.07) is 27.2. The molecular formula is C26H25N3O3S2. The first kappa shape index (κ1) is 22.7. The maximum absolute atomic E-state index is 13.6. The van der Waals surface area contributed by atoms with Crippen molar-refractivity contribution in [2.24, 2.45) is 4.99 Å². The number of nitrogens with zero attached hydrogens (tertiary/aromatic N) is 2. The molecule has 1 N–H and O–H groups in total. The van der Waals surface area contributed by atoms with Crippen molar-refractivity contribution in [3.63, 3.8) is 0 Å². The van der Waals surface area contributed by atoms with E-state index in [1.807, 2.05) is 89.8 Å². The minimum Gasteiger partial charge on any atom is -0.335 e. The van der Waals surface area contributed by atoms with Gasteiger partial charge in [0.05, 0.1) is 17.5 Å². The molecule has 174 valence electrons. The number of hydrogen-bond acceptors (Lipinski definition) is 6. The Balaban J connectivity index is 1.34. The van der Waals surface area contributed by atoms with Crippen molar-refractivity contribution in [2.45, 2.75) is 24.4 Å². The highest BCUT2D eigenvalue weighted by atomic mass is 32.2. The smallest absolute Gasteiger partial charge is 0.254 e. The highest BCUT2D eigenvalue weighted by Crippen LogP contribution is 2.34. The van der Waals surface area contributed by atoms with Gasteiger partial charge in [-0.1, -0.05) is 78.5 Å². The molecule has 0 aliphatic carbocycles. The van der Waals surface area contributed by atoms with E-state index in [9.17, 15) is 13.2 Å². The zero-order valence-electron chi connectivity index (χ0n) is 18.5.